The molecule has 0 N–H and O–H groups in total. The molecule has 4 heteroatoms. The number of hydrogen-bond acceptors (Lipinski definition) is 3. The third-order valence-corrected chi connectivity index (χ3v) is 4.70. The average Bonchev–Trinajstić information content (AvgIpc) is 2.38. The Morgan fingerprint density at radius 2 is 1.80 bits per heavy atom. The number of benzene rings is 1. The fraction of sp³-hybridized carbons (Fsp3) is 0.500. The maximum atomic E-state index is 12.1. The van der Waals surface area contributed by atoms with Crippen molar-refractivity contribution in [1.82, 2.24) is 0 Å². The Morgan fingerprint density at radius 3 is 2.35 bits per heavy atom. The van der Waals surface area contributed by atoms with E-state index < -0.39 is 10.1 Å². The molecular weight excluding hydrogens is 272 g/mol. The van der Waals surface area contributed by atoms with Gasteiger partial charge in [0.15, 0.2) is 0 Å². The zero-order valence-corrected chi connectivity index (χ0v) is 13.3. The summed E-state index contributed by atoms with van der Waals surface area (Å²) >= 11 is 0. The van der Waals surface area contributed by atoms with E-state index in [4.69, 9.17) is 4.18 Å². The van der Waals surface area contributed by atoms with Crippen LogP contribution in [0.3, 0.4) is 0 Å². The summed E-state index contributed by atoms with van der Waals surface area (Å²) in [6.45, 7) is 9.55. The average molecular weight is 296 g/mol. The summed E-state index contributed by atoms with van der Waals surface area (Å²) < 4.78 is 29.4. The molecular formula is C16H24O3S. The van der Waals surface area contributed by atoms with Crippen molar-refractivity contribution in [3.05, 3.63) is 42.5 Å². The topological polar surface area (TPSA) is 43.4 Å². The van der Waals surface area contributed by atoms with Gasteiger partial charge < -0.3 is 0 Å². The van der Waals surface area contributed by atoms with Crippen LogP contribution >= 0.6 is 0 Å². The quantitative estimate of drug-likeness (QED) is 0.536. The number of allylic oxidation sites excluding steroid dienone is 1. The minimum absolute atomic E-state index is 0.217. The normalized spacial score (nSPS) is 14.8. The molecule has 0 amide bonds. The van der Waals surface area contributed by atoms with Crippen LogP contribution in [-0.2, 0) is 14.3 Å². The lowest BCUT2D eigenvalue weighted by molar-refractivity contribution is 0.212. The van der Waals surface area contributed by atoms with Crippen molar-refractivity contribution in [2.45, 2.75) is 51.0 Å². The molecule has 1 aromatic rings. The fourth-order valence-electron chi connectivity index (χ4n) is 1.87. The van der Waals surface area contributed by atoms with E-state index in [1.807, 2.05) is 13.0 Å². The first kappa shape index (κ1) is 16.9. The van der Waals surface area contributed by atoms with Crippen LogP contribution in [0.25, 0.3) is 0 Å². The van der Waals surface area contributed by atoms with E-state index in [0.29, 0.717) is 5.92 Å². The van der Waals surface area contributed by atoms with E-state index in [2.05, 4.69) is 13.5 Å². The second-order valence-corrected chi connectivity index (χ2v) is 6.89. The van der Waals surface area contributed by atoms with Crippen molar-refractivity contribution < 1.29 is 12.6 Å². The predicted molar refractivity (Wildman–Crippen MR) is 82.1 cm³/mol. The van der Waals surface area contributed by atoms with Gasteiger partial charge in [0, 0.05) is 0 Å². The van der Waals surface area contributed by atoms with E-state index in [0.717, 1.165) is 24.8 Å². The van der Waals surface area contributed by atoms with Gasteiger partial charge in [-0.05, 0) is 44.7 Å². The third kappa shape index (κ3) is 5.47. The number of rotatable bonds is 8. The van der Waals surface area contributed by atoms with Crippen LogP contribution in [0.4, 0.5) is 0 Å². The summed E-state index contributed by atoms with van der Waals surface area (Å²) in [5.74, 6) is 0.455. The monoisotopic (exact) mass is 296 g/mol. The van der Waals surface area contributed by atoms with E-state index in [1.165, 1.54) is 0 Å². The summed E-state index contributed by atoms with van der Waals surface area (Å²) in [6.07, 6.45) is 4.26. The van der Waals surface area contributed by atoms with Crippen LogP contribution in [0.15, 0.2) is 41.8 Å². The van der Waals surface area contributed by atoms with Crippen molar-refractivity contribution in [1.29, 1.82) is 0 Å². The van der Waals surface area contributed by atoms with Crippen molar-refractivity contribution in [2.75, 3.05) is 0 Å². The first-order chi connectivity index (χ1) is 9.35. The molecule has 0 aliphatic heterocycles. The molecule has 0 spiro atoms. The molecule has 2 atom stereocenters. The van der Waals surface area contributed by atoms with Crippen LogP contribution in [0.5, 0.6) is 0 Å². The molecule has 0 fully saturated rings. The van der Waals surface area contributed by atoms with Crippen molar-refractivity contribution in [2.24, 2.45) is 5.92 Å². The van der Waals surface area contributed by atoms with E-state index in [-0.39, 0.29) is 11.0 Å². The molecule has 1 rings (SSSR count). The molecule has 0 aliphatic carbocycles. The lowest BCUT2D eigenvalue weighted by Crippen LogP contribution is -2.15. The Bertz CT molecular complexity index is 517. The Morgan fingerprint density at radius 1 is 1.20 bits per heavy atom. The van der Waals surface area contributed by atoms with Gasteiger partial charge in [0.05, 0.1) is 11.0 Å². The van der Waals surface area contributed by atoms with Gasteiger partial charge in [-0.2, -0.15) is 8.42 Å². The molecule has 0 bridgehead atoms. The maximum absolute atomic E-state index is 12.1. The SMILES string of the molecule is C=CC(C)CCCC(C)OS(=O)(=O)c1ccc(C)cc1. The first-order valence-corrected chi connectivity index (χ1v) is 8.38. The molecule has 112 valence electrons. The van der Waals surface area contributed by atoms with E-state index >= 15 is 0 Å². The second-order valence-electron chi connectivity index (χ2n) is 5.32. The Hall–Kier alpha value is -1.13. The molecule has 0 saturated carbocycles. The zero-order valence-electron chi connectivity index (χ0n) is 12.5. The summed E-state index contributed by atoms with van der Waals surface area (Å²) in [6, 6.07) is 6.70. The van der Waals surface area contributed by atoms with E-state index in [9.17, 15) is 8.42 Å². The fourth-order valence-corrected chi connectivity index (χ4v) is 2.98. The van der Waals surface area contributed by atoms with Crippen molar-refractivity contribution in [3.8, 4) is 0 Å². The van der Waals surface area contributed by atoms with Crippen LogP contribution in [0.2, 0.25) is 0 Å². The van der Waals surface area contributed by atoms with Crippen LogP contribution in [-0.4, -0.2) is 14.5 Å². The minimum Gasteiger partial charge on any atom is -0.263 e. The van der Waals surface area contributed by atoms with Gasteiger partial charge in [0.1, 0.15) is 0 Å². The lowest BCUT2D eigenvalue weighted by Gasteiger charge is -2.14. The third-order valence-electron chi connectivity index (χ3n) is 3.27. The molecule has 0 saturated heterocycles. The Labute approximate surface area is 122 Å². The van der Waals surface area contributed by atoms with Gasteiger partial charge in [-0.1, -0.05) is 37.1 Å². The minimum atomic E-state index is -3.65. The lowest BCUT2D eigenvalue weighted by atomic mass is 10.0. The molecule has 0 heterocycles. The molecule has 2 unspecified atom stereocenters. The first-order valence-electron chi connectivity index (χ1n) is 6.97. The van der Waals surface area contributed by atoms with Gasteiger partial charge in [0.25, 0.3) is 10.1 Å². The highest BCUT2D eigenvalue weighted by molar-refractivity contribution is 7.86. The summed E-state index contributed by atoms with van der Waals surface area (Å²) in [4.78, 5) is 0.217. The largest absolute Gasteiger partial charge is 0.297 e. The van der Waals surface area contributed by atoms with Gasteiger partial charge in [-0.25, -0.2) is 0 Å². The second kappa shape index (κ2) is 7.60. The maximum Gasteiger partial charge on any atom is 0.297 e. The van der Waals surface area contributed by atoms with Crippen LogP contribution < -0.4 is 0 Å². The molecule has 3 nitrogen and oxygen atoms in total. The molecule has 20 heavy (non-hydrogen) atoms. The summed E-state index contributed by atoms with van der Waals surface area (Å²) in [5, 5.41) is 0. The smallest absolute Gasteiger partial charge is 0.263 e. The summed E-state index contributed by atoms with van der Waals surface area (Å²) in [7, 11) is -3.65. The highest BCUT2D eigenvalue weighted by Gasteiger charge is 2.18. The summed E-state index contributed by atoms with van der Waals surface area (Å²) in [5.41, 5.74) is 1.02. The van der Waals surface area contributed by atoms with E-state index in [1.54, 1.807) is 31.2 Å². The standard InChI is InChI=1S/C16H24O3S/c1-5-13(2)7-6-8-15(4)19-20(17,18)16-11-9-14(3)10-12-16/h5,9-13,15H,1,6-8H2,2-4H3. The van der Waals surface area contributed by atoms with Crippen LogP contribution in [0.1, 0.15) is 38.7 Å². The Balaban J connectivity index is 2.53. The highest BCUT2D eigenvalue weighted by atomic mass is 32.2. The molecule has 1 aromatic carbocycles. The van der Waals surface area contributed by atoms with Crippen molar-refractivity contribution >= 4 is 10.1 Å². The molecule has 0 aromatic heterocycles. The van der Waals surface area contributed by atoms with Gasteiger partial charge in [-0.15, -0.1) is 6.58 Å². The number of hydrogen-bond donors (Lipinski definition) is 0. The van der Waals surface area contributed by atoms with Crippen LogP contribution in [0, 0.1) is 12.8 Å². The van der Waals surface area contributed by atoms with Gasteiger partial charge in [-0.3, -0.25) is 4.18 Å². The van der Waals surface area contributed by atoms with Crippen molar-refractivity contribution in [3.63, 3.8) is 0 Å². The zero-order chi connectivity index (χ0) is 15.2. The number of aryl methyl sites for hydroxylation is 1. The molecule has 0 aliphatic rings. The Kier molecular flexibility index (Phi) is 6.43. The highest BCUT2D eigenvalue weighted by Crippen LogP contribution is 2.18. The van der Waals surface area contributed by atoms with Gasteiger partial charge >= 0.3 is 0 Å². The predicted octanol–water partition coefficient (Wildman–Crippen LogP) is 4.08. The van der Waals surface area contributed by atoms with Gasteiger partial charge in [0.2, 0.25) is 0 Å². The molecule has 0 radical (unpaired) electrons.